The van der Waals surface area contributed by atoms with Crippen LogP contribution >= 0.6 is 0 Å². The van der Waals surface area contributed by atoms with Crippen LogP contribution in [0.5, 0.6) is 0 Å². The minimum absolute atomic E-state index is 0.175. The standard InChI is InChI=1S/C28H41F3/c1-2-3-4-5-6-7-8-21-9-11-22(12-10-21)13-14-23-15-17-24(18-16-23)25-19-26(29)28(31)27(30)20-25/h3-4,19-24H,2,5-18H2,1H3/b4-3+. The highest BCUT2D eigenvalue weighted by atomic mass is 19.2. The normalized spacial score (nSPS) is 27.1. The Morgan fingerprint density at radius 2 is 1.23 bits per heavy atom. The first-order valence-electron chi connectivity index (χ1n) is 12.9. The minimum Gasteiger partial charge on any atom is -0.204 e. The highest BCUT2D eigenvalue weighted by molar-refractivity contribution is 5.23. The number of hydrogen-bond donors (Lipinski definition) is 0. The number of hydrogen-bond acceptors (Lipinski definition) is 0. The van der Waals surface area contributed by atoms with Crippen molar-refractivity contribution in [1.82, 2.24) is 0 Å². The van der Waals surface area contributed by atoms with E-state index in [1.807, 2.05) is 0 Å². The summed E-state index contributed by atoms with van der Waals surface area (Å²) in [4.78, 5) is 0. The molecule has 174 valence electrons. The molecule has 1 aromatic carbocycles. The summed E-state index contributed by atoms with van der Waals surface area (Å²) >= 11 is 0. The Morgan fingerprint density at radius 3 is 1.77 bits per heavy atom. The monoisotopic (exact) mass is 434 g/mol. The van der Waals surface area contributed by atoms with Crippen molar-refractivity contribution in [2.24, 2.45) is 17.8 Å². The lowest BCUT2D eigenvalue weighted by Crippen LogP contribution is -2.18. The van der Waals surface area contributed by atoms with Crippen molar-refractivity contribution in [1.29, 1.82) is 0 Å². The van der Waals surface area contributed by atoms with E-state index in [-0.39, 0.29) is 5.92 Å². The Hall–Kier alpha value is -1.25. The van der Waals surface area contributed by atoms with Gasteiger partial charge in [-0.25, -0.2) is 13.2 Å². The zero-order valence-corrected chi connectivity index (χ0v) is 19.4. The van der Waals surface area contributed by atoms with Crippen molar-refractivity contribution in [3.05, 3.63) is 47.3 Å². The molecule has 0 atom stereocenters. The van der Waals surface area contributed by atoms with E-state index in [4.69, 9.17) is 0 Å². The number of allylic oxidation sites excluding steroid dienone is 2. The van der Waals surface area contributed by atoms with E-state index >= 15 is 0 Å². The molecular weight excluding hydrogens is 393 g/mol. The van der Waals surface area contributed by atoms with E-state index < -0.39 is 17.5 Å². The molecule has 3 heteroatoms. The fraction of sp³-hybridized carbons (Fsp3) is 0.714. The summed E-state index contributed by atoms with van der Waals surface area (Å²) in [5.74, 6) is -0.674. The summed E-state index contributed by atoms with van der Waals surface area (Å²) < 4.78 is 40.3. The van der Waals surface area contributed by atoms with Gasteiger partial charge in [-0.05, 0) is 86.3 Å². The molecular formula is C28H41F3. The van der Waals surface area contributed by atoms with Gasteiger partial charge in [0.1, 0.15) is 0 Å². The van der Waals surface area contributed by atoms with Crippen LogP contribution in [0, 0.1) is 35.2 Å². The van der Waals surface area contributed by atoms with Crippen molar-refractivity contribution in [3.8, 4) is 0 Å². The molecule has 0 saturated heterocycles. The smallest absolute Gasteiger partial charge is 0.194 e. The van der Waals surface area contributed by atoms with E-state index in [1.54, 1.807) is 0 Å². The van der Waals surface area contributed by atoms with Crippen LogP contribution in [0.15, 0.2) is 24.3 Å². The van der Waals surface area contributed by atoms with Gasteiger partial charge in [0, 0.05) is 0 Å². The molecule has 0 unspecified atom stereocenters. The summed E-state index contributed by atoms with van der Waals surface area (Å²) in [6, 6.07) is 2.40. The Bertz CT molecular complexity index is 656. The van der Waals surface area contributed by atoms with Crippen molar-refractivity contribution in [2.45, 2.75) is 109 Å². The molecule has 0 aromatic heterocycles. The molecule has 3 rings (SSSR count). The van der Waals surface area contributed by atoms with E-state index in [0.29, 0.717) is 5.56 Å². The van der Waals surface area contributed by atoms with Crippen molar-refractivity contribution >= 4 is 0 Å². The van der Waals surface area contributed by atoms with Crippen LogP contribution < -0.4 is 0 Å². The minimum atomic E-state index is -1.35. The summed E-state index contributed by atoms with van der Waals surface area (Å²) in [5.41, 5.74) is 0.634. The Morgan fingerprint density at radius 1 is 0.710 bits per heavy atom. The molecule has 2 fully saturated rings. The molecule has 2 saturated carbocycles. The lowest BCUT2D eigenvalue weighted by Gasteiger charge is -2.32. The molecule has 0 heterocycles. The molecule has 0 bridgehead atoms. The molecule has 2 aliphatic rings. The van der Waals surface area contributed by atoms with Crippen molar-refractivity contribution in [3.63, 3.8) is 0 Å². The summed E-state index contributed by atoms with van der Waals surface area (Å²) in [5, 5.41) is 0. The fourth-order valence-corrected chi connectivity index (χ4v) is 5.86. The lowest BCUT2D eigenvalue weighted by atomic mass is 9.74. The summed E-state index contributed by atoms with van der Waals surface area (Å²) in [6.07, 6.45) is 23.7. The third kappa shape index (κ3) is 7.68. The van der Waals surface area contributed by atoms with Crippen LogP contribution in [0.2, 0.25) is 0 Å². The van der Waals surface area contributed by atoms with E-state index in [0.717, 1.165) is 49.9 Å². The zero-order chi connectivity index (χ0) is 22.1. The lowest BCUT2D eigenvalue weighted by molar-refractivity contribution is 0.222. The summed E-state index contributed by atoms with van der Waals surface area (Å²) in [7, 11) is 0. The third-order valence-corrected chi connectivity index (χ3v) is 7.91. The van der Waals surface area contributed by atoms with Gasteiger partial charge in [-0.15, -0.1) is 0 Å². The van der Waals surface area contributed by atoms with Crippen molar-refractivity contribution < 1.29 is 13.2 Å². The molecule has 0 spiro atoms. The maximum Gasteiger partial charge on any atom is 0.194 e. The van der Waals surface area contributed by atoms with Crippen LogP contribution in [0.3, 0.4) is 0 Å². The second-order valence-corrected chi connectivity index (χ2v) is 10.1. The van der Waals surface area contributed by atoms with Gasteiger partial charge in [0.15, 0.2) is 17.5 Å². The topological polar surface area (TPSA) is 0 Å². The first-order chi connectivity index (χ1) is 15.1. The van der Waals surface area contributed by atoms with Crippen LogP contribution in [-0.4, -0.2) is 0 Å². The van der Waals surface area contributed by atoms with Gasteiger partial charge in [-0.1, -0.05) is 70.4 Å². The van der Waals surface area contributed by atoms with E-state index in [9.17, 15) is 13.2 Å². The van der Waals surface area contributed by atoms with Crippen LogP contribution in [0.4, 0.5) is 13.2 Å². The first kappa shape index (κ1) is 24.4. The van der Waals surface area contributed by atoms with Gasteiger partial charge in [-0.2, -0.15) is 0 Å². The fourth-order valence-electron chi connectivity index (χ4n) is 5.86. The second-order valence-electron chi connectivity index (χ2n) is 10.1. The third-order valence-electron chi connectivity index (χ3n) is 7.91. The second kappa shape index (κ2) is 12.7. The Balaban J connectivity index is 1.29. The maximum atomic E-state index is 13.5. The Labute approximate surface area is 187 Å². The zero-order valence-electron chi connectivity index (χ0n) is 19.4. The SMILES string of the molecule is CC/C=C/CCCCC1CCC(CCC2CCC(c3cc(F)c(F)c(F)c3)CC2)CC1. The molecule has 0 N–H and O–H groups in total. The van der Waals surface area contributed by atoms with Gasteiger partial charge in [0.05, 0.1) is 0 Å². The van der Waals surface area contributed by atoms with Crippen molar-refractivity contribution in [2.75, 3.05) is 0 Å². The average Bonchev–Trinajstić information content (AvgIpc) is 2.79. The number of rotatable bonds is 10. The molecule has 2 aliphatic carbocycles. The molecule has 0 nitrogen and oxygen atoms in total. The molecule has 31 heavy (non-hydrogen) atoms. The predicted molar refractivity (Wildman–Crippen MR) is 124 cm³/mol. The quantitative estimate of drug-likeness (QED) is 0.195. The van der Waals surface area contributed by atoms with Gasteiger partial charge in [0.25, 0.3) is 0 Å². The van der Waals surface area contributed by atoms with Crippen LogP contribution in [0.25, 0.3) is 0 Å². The summed E-state index contributed by atoms with van der Waals surface area (Å²) in [6.45, 7) is 2.19. The molecule has 1 aromatic rings. The van der Waals surface area contributed by atoms with Gasteiger partial charge < -0.3 is 0 Å². The van der Waals surface area contributed by atoms with Gasteiger partial charge >= 0.3 is 0 Å². The van der Waals surface area contributed by atoms with E-state index in [2.05, 4.69) is 19.1 Å². The van der Waals surface area contributed by atoms with Crippen LogP contribution in [-0.2, 0) is 0 Å². The number of halogens is 3. The van der Waals surface area contributed by atoms with E-state index in [1.165, 1.54) is 76.3 Å². The molecule has 0 aliphatic heterocycles. The van der Waals surface area contributed by atoms with Gasteiger partial charge in [0.2, 0.25) is 0 Å². The predicted octanol–water partition coefficient (Wildman–Crippen LogP) is 9.49. The van der Waals surface area contributed by atoms with Crippen LogP contribution in [0.1, 0.15) is 115 Å². The molecule has 0 radical (unpaired) electrons. The highest BCUT2D eigenvalue weighted by Crippen LogP contribution is 2.40. The first-order valence-corrected chi connectivity index (χ1v) is 12.9. The number of benzene rings is 1. The highest BCUT2D eigenvalue weighted by Gasteiger charge is 2.26. The largest absolute Gasteiger partial charge is 0.204 e. The number of unbranched alkanes of at least 4 members (excludes halogenated alkanes) is 2. The van der Waals surface area contributed by atoms with Gasteiger partial charge in [-0.3, -0.25) is 0 Å². The average molecular weight is 435 g/mol. The Kier molecular flexibility index (Phi) is 9.99. The maximum absolute atomic E-state index is 13.5. The molecule has 0 amide bonds.